The fourth-order valence-corrected chi connectivity index (χ4v) is 2.31. The van der Waals surface area contributed by atoms with Crippen LogP contribution in [0.3, 0.4) is 0 Å². The van der Waals surface area contributed by atoms with Crippen molar-refractivity contribution in [3.63, 3.8) is 0 Å². The van der Waals surface area contributed by atoms with Gasteiger partial charge >= 0.3 is 5.97 Å². The van der Waals surface area contributed by atoms with E-state index in [0.717, 1.165) is 11.6 Å². The fourth-order valence-electron chi connectivity index (χ4n) is 2.10. The second kappa shape index (κ2) is 8.87. The summed E-state index contributed by atoms with van der Waals surface area (Å²) in [5.41, 5.74) is 0.792. The number of non-ortho nitro benzene ring substituents is 1. The minimum absolute atomic E-state index is 0.0131. The number of nitro groups is 1. The molecule has 0 saturated heterocycles. The van der Waals surface area contributed by atoms with E-state index in [1.54, 1.807) is 18.2 Å². The van der Waals surface area contributed by atoms with Gasteiger partial charge in [-0.1, -0.05) is 23.7 Å². The van der Waals surface area contributed by atoms with Crippen molar-refractivity contribution in [1.29, 1.82) is 0 Å². The molecule has 0 saturated carbocycles. The number of carbonyl (C=O) groups excluding carboxylic acids is 1. The number of halogens is 1. The Kier molecular flexibility index (Phi) is 6.57. The van der Waals surface area contributed by atoms with E-state index in [1.807, 2.05) is 6.07 Å². The van der Waals surface area contributed by atoms with Crippen LogP contribution in [-0.4, -0.2) is 24.6 Å². The normalized spacial score (nSPS) is 10.1. The Hall–Kier alpha value is -3.06. The van der Waals surface area contributed by atoms with Gasteiger partial charge in [-0.25, -0.2) is 4.79 Å². The van der Waals surface area contributed by atoms with Gasteiger partial charge in [0.15, 0.2) is 18.1 Å². The molecule has 0 aliphatic carbocycles. The average molecular weight is 378 g/mol. The Labute approximate surface area is 154 Å². The van der Waals surface area contributed by atoms with Crippen LogP contribution in [0.15, 0.2) is 49.1 Å². The zero-order valence-electron chi connectivity index (χ0n) is 13.9. The van der Waals surface area contributed by atoms with E-state index in [-0.39, 0.29) is 23.1 Å². The van der Waals surface area contributed by atoms with Gasteiger partial charge in [-0.15, -0.1) is 6.58 Å². The maximum Gasteiger partial charge on any atom is 0.349 e. The van der Waals surface area contributed by atoms with Crippen molar-refractivity contribution in [1.82, 2.24) is 0 Å². The van der Waals surface area contributed by atoms with Gasteiger partial charge in [0.25, 0.3) is 5.69 Å². The molecule has 0 aliphatic rings. The van der Waals surface area contributed by atoms with Gasteiger partial charge in [0.05, 0.1) is 17.1 Å². The fraction of sp³-hybridized carbons (Fsp3) is 0.167. The molecular weight excluding hydrogens is 362 g/mol. The summed E-state index contributed by atoms with van der Waals surface area (Å²) in [4.78, 5) is 22.0. The smallest absolute Gasteiger partial charge is 0.349 e. The molecule has 2 aromatic rings. The minimum atomic E-state index is -0.710. The predicted molar refractivity (Wildman–Crippen MR) is 96.1 cm³/mol. The third kappa shape index (κ3) is 4.97. The molecule has 26 heavy (non-hydrogen) atoms. The summed E-state index contributed by atoms with van der Waals surface area (Å²) in [5, 5.41) is 10.6. The number of allylic oxidation sites excluding steroid dienone is 1. The molecule has 2 aromatic carbocycles. The highest BCUT2D eigenvalue weighted by Crippen LogP contribution is 2.30. The van der Waals surface area contributed by atoms with Crippen LogP contribution in [0.25, 0.3) is 0 Å². The third-order valence-corrected chi connectivity index (χ3v) is 3.60. The Morgan fingerprint density at radius 3 is 2.58 bits per heavy atom. The molecule has 0 fully saturated rings. The largest absolute Gasteiger partial charge is 0.493 e. The molecule has 0 aromatic heterocycles. The van der Waals surface area contributed by atoms with E-state index in [0.29, 0.717) is 17.9 Å². The molecule has 0 bridgehead atoms. The number of methoxy groups -OCH3 is 1. The van der Waals surface area contributed by atoms with E-state index >= 15 is 0 Å². The number of carbonyl (C=O) groups is 1. The molecule has 0 atom stereocenters. The molecule has 0 unspecified atom stereocenters. The van der Waals surface area contributed by atoms with Crippen LogP contribution in [0.4, 0.5) is 5.69 Å². The summed E-state index contributed by atoms with van der Waals surface area (Å²) in [6.45, 7) is 3.29. The maximum atomic E-state index is 11.9. The van der Waals surface area contributed by atoms with E-state index in [4.69, 9.17) is 25.8 Å². The number of hydrogen-bond acceptors (Lipinski definition) is 6. The Morgan fingerprint density at radius 2 is 1.96 bits per heavy atom. The second-order valence-electron chi connectivity index (χ2n) is 5.11. The first kappa shape index (κ1) is 19.3. The highest BCUT2D eigenvalue weighted by molar-refractivity contribution is 6.32. The molecule has 0 radical (unpaired) electrons. The number of nitrogens with zero attached hydrogens (tertiary/aromatic N) is 1. The summed E-state index contributed by atoms with van der Waals surface area (Å²) < 4.78 is 15.7. The van der Waals surface area contributed by atoms with Crippen molar-refractivity contribution in [3.05, 3.63) is 69.8 Å². The van der Waals surface area contributed by atoms with Crippen molar-refractivity contribution >= 4 is 23.3 Å². The van der Waals surface area contributed by atoms with Crippen molar-refractivity contribution in [2.45, 2.75) is 6.42 Å². The number of ether oxygens (including phenoxy) is 3. The second-order valence-corrected chi connectivity index (χ2v) is 5.52. The Morgan fingerprint density at radius 1 is 1.23 bits per heavy atom. The van der Waals surface area contributed by atoms with Gasteiger partial charge in [0.2, 0.25) is 0 Å². The zero-order chi connectivity index (χ0) is 19.1. The molecule has 0 spiro atoms. The van der Waals surface area contributed by atoms with Gasteiger partial charge in [-0.05, 0) is 30.2 Å². The Balaban J connectivity index is 2.01. The van der Waals surface area contributed by atoms with Crippen LogP contribution in [0.5, 0.6) is 17.2 Å². The van der Waals surface area contributed by atoms with Gasteiger partial charge in [-0.2, -0.15) is 0 Å². The highest BCUT2D eigenvalue weighted by Gasteiger charge is 2.15. The average Bonchev–Trinajstić information content (AvgIpc) is 2.62. The van der Waals surface area contributed by atoms with Crippen molar-refractivity contribution in [3.8, 4) is 17.2 Å². The maximum absolute atomic E-state index is 11.9. The van der Waals surface area contributed by atoms with E-state index < -0.39 is 10.9 Å². The monoisotopic (exact) mass is 377 g/mol. The zero-order valence-corrected chi connectivity index (χ0v) is 14.7. The van der Waals surface area contributed by atoms with Crippen molar-refractivity contribution in [2.75, 3.05) is 13.7 Å². The van der Waals surface area contributed by atoms with Gasteiger partial charge in [-0.3, -0.25) is 10.1 Å². The molecular formula is C18H16ClNO6. The summed E-state index contributed by atoms with van der Waals surface area (Å²) in [5.74, 6) is 0.162. The molecule has 0 N–H and O–H groups in total. The molecule has 0 heterocycles. The quantitative estimate of drug-likeness (QED) is 0.227. The van der Waals surface area contributed by atoms with Crippen molar-refractivity contribution < 1.29 is 23.9 Å². The van der Waals surface area contributed by atoms with E-state index in [2.05, 4.69) is 6.58 Å². The van der Waals surface area contributed by atoms with E-state index in [1.165, 1.54) is 19.2 Å². The van der Waals surface area contributed by atoms with E-state index in [9.17, 15) is 14.9 Å². The summed E-state index contributed by atoms with van der Waals surface area (Å²) in [6.07, 6.45) is 2.44. The number of rotatable bonds is 8. The van der Waals surface area contributed by atoms with Gasteiger partial charge in [0, 0.05) is 12.1 Å². The number of hydrogen-bond donors (Lipinski definition) is 0. The standard InChI is InChI=1S/C18H16ClNO6/c1-3-4-12-5-7-16(17(9-12)24-2)25-11-18(21)26-15-8-6-13(20(22)23)10-14(15)19/h3,5-10H,1,4,11H2,2H3. The number of nitro benzene ring substituents is 1. The topological polar surface area (TPSA) is 87.9 Å². The lowest BCUT2D eigenvalue weighted by atomic mass is 10.1. The molecule has 8 heteroatoms. The van der Waals surface area contributed by atoms with Crippen LogP contribution in [0.1, 0.15) is 5.56 Å². The number of esters is 1. The third-order valence-electron chi connectivity index (χ3n) is 3.30. The first-order valence-corrected chi connectivity index (χ1v) is 7.87. The lowest BCUT2D eigenvalue weighted by Crippen LogP contribution is -2.18. The van der Waals surface area contributed by atoms with Crippen LogP contribution in [-0.2, 0) is 11.2 Å². The number of benzene rings is 2. The van der Waals surface area contributed by atoms with Crippen LogP contribution < -0.4 is 14.2 Å². The molecule has 2 rings (SSSR count). The van der Waals surface area contributed by atoms with Crippen LogP contribution in [0.2, 0.25) is 5.02 Å². The van der Waals surface area contributed by atoms with Crippen LogP contribution >= 0.6 is 11.6 Å². The summed E-state index contributed by atoms with van der Waals surface area (Å²) >= 11 is 5.88. The van der Waals surface area contributed by atoms with Gasteiger partial charge < -0.3 is 14.2 Å². The molecule has 136 valence electrons. The first-order valence-electron chi connectivity index (χ1n) is 7.49. The van der Waals surface area contributed by atoms with Gasteiger partial charge in [0.1, 0.15) is 5.75 Å². The lowest BCUT2D eigenvalue weighted by molar-refractivity contribution is -0.384. The molecule has 7 nitrogen and oxygen atoms in total. The summed E-state index contributed by atoms with van der Waals surface area (Å²) in [7, 11) is 1.49. The highest BCUT2D eigenvalue weighted by atomic mass is 35.5. The predicted octanol–water partition coefficient (Wildman–Crippen LogP) is 3.97. The molecule has 0 aliphatic heterocycles. The SMILES string of the molecule is C=CCc1ccc(OCC(=O)Oc2ccc([N+](=O)[O-])cc2Cl)c(OC)c1. The molecule has 0 amide bonds. The first-order chi connectivity index (χ1) is 12.4. The van der Waals surface area contributed by atoms with Crippen LogP contribution in [0, 0.1) is 10.1 Å². The Bertz CT molecular complexity index is 836. The van der Waals surface area contributed by atoms with Crippen molar-refractivity contribution in [2.24, 2.45) is 0 Å². The summed E-state index contributed by atoms with van der Waals surface area (Å²) in [6, 6.07) is 8.85. The minimum Gasteiger partial charge on any atom is -0.493 e. The lowest BCUT2D eigenvalue weighted by Gasteiger charge is -2.12.